The zero-order chi connectivity index (χ0) is 16.4. The molecule has 0 aliphatic rings. The number of hydrogen-bond donors (Lipinski definition) is 0. The van der Waals surface area contributed by atoms with Gasteiger partial charge in [-0.15, -0.1) is 11.3 Å². The molecule has 0 aliphatic carbocycles. The summed E-state index contributed by atoms with van der Waals surface area (Å²) in [6.45, 7) is 0. The minimum Gasteiger partial charge on any atom is -0.290 e. The van der Waals surface area contributed by atoms with E-state index in [1.54, 1.807) is 25.2 Å². The lowest BCUT2D eigenvalue weighted by Gasteiger charge is -2.05. The van der Waals surface area contributed by atoms with Crippen molar-refractivity contribution in [2.45, 2.75) is 5.92 Å². The Morgan fingerprint density at radius 3 is 2.70 bits per heavy atom. The normalized spacial score (nSPS) is 11.9. The van der Waals surface area contributed by atoms with Crippen LogP contribution < -0.4 is 0 Å². The van der Waals surface area contributed by atoms with Crippen LogP contribution in [0.3, 0.4) is 0 Å². The first-order valence-corrected chi connectivity index (χ1v) is 7.99. The lowest BCUT2D eigenvalue weighted by Crippen LogP contribution is -2.15. The van der Waals surface area contributed by atoms with Gasteiger partial charge >= 0.3 is 0 Å². The number of thiazole rings is 1. The van der Waals surface area contributed by atoms with E-state index >= 15 is 0 Å². The summed E-state index contributed by atoms with van der Waals surface area (Å²) >= 11 is 7.17. The molecule has 0 radical (unpaired) electrons. The van der Waals surface area contributed by atoms with Gasteiger partial charge < -0.3 is 0 Å². The van der Waals surface area contributed by atoms with Crippen LogP contribution >= 0.6 is 22.9 Å². The predicted molar refractivity (Wildman–Crippen MR) is 88.5 cm³/mol. The van der Waals surface area contributed by atoms with Gasteiger partial charge in [0.15, 0.2) is 5.92 Å². The predicted octanol–water partition coefficient (Wildman–Crippen LogP) is 3.69. The molecule has 5 nitrogen and oxygen atoms in total. The molecule has 0 saturated carbocycles. The second kappa shape index (κ2) is 6.32. The molecule has 2 aromatic heterocycles. The van der Waals surface area contributed by atoms with E-state index < -0.39 is 5.92 Å². The summed E-state index contributed by atoms with van der Waals surface area (Å²) in [5.41, 5.74) is 2.00. The van der Waals surface area contributed by atoms with Crippen molar-refractivity contribution in [2.75, 3.05) is 0 Å². The Bertz CT molecular complexity index is 891. The summed E-state index contributed by atoms with van der Waals surface area (Å²) in [5, 5.41) is 16.3. The molecule has 0 aliphatic heterocycles. The van der Waals surface area contributed by atoms with Crippen molar-refractivity contribution in [2.24, 2.45) is 7.05 Å². The number of ketones is 1. The molecule has 0 fully saturated rings. The van der Waals surface area contributed by atoms with E-state index in [0.717, 1.165) is 11.3 Å². The zero-order valence-electron chi connectivity index (χ0n) is 12.1. The first-order chi connectivity index (χ1) is 11.1. The van der Waals surface area contributed by atoms with E-state index in [1.807, 2.05) is 23.6 Å². The lowest BCUT2D eigenvalue weighted by molar-refractivity contribution is 0.0969. The summed E-state index contributed by atoms with van der Waals surface area (Å²) in [5.74, 6) is -1.24. The molecule has 0 N–H and O–H groups in total. The van der Waals surface area contributed by atoms with Gasteiger partial charge in [0.25, 0.3) is 0 Å². The highest BCUT2D eigenvalue weighted by Gasteiger charge is 2.27. The largest absolute Gasteiger partial charge is 0.290 e. The zero-order valence-corrected chi connectivity index (χ0v) is 13.7. The third kappa shape index (κ3) is 3.02. The molecule has 1 atom stereocenters. The van der Waals surface area contributed by atoms with E-state index in [2.05, 4.69) is 10.1 Å². The van der Waals surface area contributed by atoms with Gasteiger partial charge in [0.1, 0.15) is 10.7 Å². The molecule has 7 heteroatoms. The maximum Gasteiger partial charge on any atom is 0.204 e. The molecule has 0 amide bonds. The first-order valence-electron chi connectivity index (χ1n) is 6.73. The van der Waals surface area contributed by atoms with Crippen molar-refractivity contribution in [1.29, 1.82) is 5.26 Å². The van der Waals surface area contributed by atoms with Crippen LogP contribution in [0.1, 0.15) is 21.4 Å². The topological polar surface area (TPSA) is 71.6 Å². The number of rotatable bonds is 4. The first kappa shape index (κ1) is 15.4. The van der Waals surface area contributed by atoms with E-state index in [-0.39, 0.29) is 5.78 Å². The maximum atomic E-state index is 12.5. The van der Waals surface area contributed by atoms with Crippen LogP contribution in [-0.4, -0.2) is 20.5 Å². The number of halogens is 1. The van der Waals surface area contributed by atoms with E-state index in [9.17, 15) is 10.1 Å². The van der Waals surface area contributed by atoms with Gasteiger partial charge in [0.2, 0.25) is 5.78 Å². The molecular formula is C16H11ClN4OS. The van der Waals surface area contributed by atoms with Gasteiger partial charge in [-0.05, 0) is 18.2 Å². The Kier molecular flexibility index (Phi) is 4.24. The molecule has 1 unspecified atom stereocenters. The van der Waals surface area contributed by atoms with Crippen molar-refractivity contribution < 1.29 is 4.79 Å². The molecule has 0 spiro atoms. The fraction of sp³-hybridized carbons (Fsp3) is 0.125. The number of nitrogens with zero attached hydrogens (tertiary/aromatic N) is 4. The van der Waals surface area contributed by atoms with E-state index in [1.165, 1.54) is 22.2 Å². The molecule has 0 saturated heterocycles. The summed E-state index contributed by atoms with van der Waals surface area (Å²) in [6.07, 6.45) is 1.53. The van der Waals surface area contributed by atoms with Crippen LogP contribution in [0.25, 0.3) is 11.3 Å². The number of nitriles is 1. The van der Waals surface area contributed by atoms with E-state index in [0.29, 0.717) is 15.7 Å². The Morgan fingerprint density at radius 2 is 2.09 bits per heavy atom. The van der Waals surface area contributed by atoms with Gasteiger partial charge in [0, 0.05) is 29.2 Å². The number of carbonyl (C=O) groups is 1. The smallest absolute Gasteiger partial charge is 0.204 e. The van der Waals surface area contributed by atoms with Crippen molar-refractivity contribution in [1.82, 2.24) is 14.8 Å². The highest BCUT2D eigenvalue weighted by atomic mass is 35.5. The van der Waals surface area contributed by atoms with E-state index in [4.69, 9.17) is 11.6 Å². The van der Waals surface area contributed by atoms with Crippen molar-refractivity contribution >= 4 is 28.7 Å². The Labute approximate surface area is 141 Å². The van der Waals surface area contributed by atoms with Crippen LogP contribution in [0.2, 0.25) is 5.02 Å². The number of Topliss-reactive ketones (excluding diaryl/α,β-unsaturated/α-hetero) is 1. The summed E-state index contributed by atoms with van der Waals surface area (Å²) in [4.78, 5) is 17.0. The standard InChI is InChI=1S/C16H11ClN4OS/c1-21-14(6-7-19-21)15(22)12(8-18)16-20-13(9-23-16)10-2-4-11(17)5-3-10/h2-7,9,12H,1H3. The second-order valence-corrected chi connectivity index (χ2v) is 6.17. The number of carbonyl (C=O) groups excluding carboxylic acids is 1. The fourth-order valence-electron chi connectivity index (χ4n) is 2.16. The molecule has 0 bridgehead atoms. The number of aromatic nitrogens is 3. The molecule has 1 aromatic carbocycles. The number of aryl methyl sites for hydroxylation is 1. The molecular weight excluding hydrogens is 332 g/mol. The van der Waals surface area contributed by atoms with Crippen molar-refractivity contribution in [3.05, 3.63) is 57.6 Å². The summed E-state index contributed by atoms with van der Waals surface area (Å²) in [6, 6.07) is 10.9. The van der Waals surface area contributed by atoms with Crippen LogP contribution in [0.4, 0.5) is 0 Å². The van der Waals surface area contributed by atoms with Crippen LogP contribution in [0, 0.1) is 11.3 Å². The minimum atomic E-state index is -0.934. The van der Waals surface area contributed by atoms with Crippen LogP contribution in [0.15, 0.2) is 41.9 Å². The molecule has 3 aromatic rings. The summed E-state index contributed by atoms with van der Waals surface area (Å²) < 4.78 is 1.46. The average Bonchev–Trinajstić information content (AvgIpc) is 3.18. The maximum absolute atomic E-state index is 12.5. The lowest BCUT2D eigenvalue weighted by atomic mass is 10.0. The number of hydrogen-bond acceptors (Lipinski definition) is 5. The van der Waals surface area contributed by atoms with Crippen molar-refractivity contribution in [3.63, 3.8) is 0 Å². The third-order valence-corrected chi connectivity index (χ3v) is 4.54. The van der Waals surface area contributed by atoms with Gasteiger partial charge in [-0.3, -0.25) is 9.48 Å². The van der Waals surface area contributed by atoms with Gasteiger partial charge in [-0.2, -0.15) is 10.4 Å². The number of benzene rings is 1. The Balaban J connectivity index is 1.92. The minimum absolute atomic E-state index is 0.301. The molecule has 2 heterocycles. The fourth-order valence-corrected chi connectivity index (χ4v) is 3.16. The summed E-state index contributed by atoms with van der Waals surface area (Å²) in [7, 11) is 1.67. The quantitative estimate of drug-likeness (QED) is 0.678. The molecule has 3 rings (SSSR count). The van der Waals surface area contributed by atoms with Crippen LogP contribution in [-0.2, 0) is 7.05 Å². The van der Waals surface area contributed by atoms with Crippen molar-refractivity contribution in [3.8, 4) is 17.3 Å². The van der Waals surface area contributed by atoms with Gasteiger partial charge in [0.05, 0.1) is 11.8 Å². The monoisotopic (exact) mass is 342 g/mol. The second-order valence-electron chi connectivity index (χ2n) is 4.84. The van der Waals surface area contributed by atoms with Crippen LogP contribution in [0.5, 0.6) is 0 Å². The highest BCUT2D eigenvalue weighted by Crippen LogP contribution is 2.29. The van der Waals surface area contributed by atoms with Gasteiger partial charge in [-0.25, -0.2) is 4.98 Å². The third-order valence-electron chi connectivity index (χ3n) is 3.37. The SMILES string of the molecule is Cn1nccc1C(=O)C(C#N)c1nc(-c2ccc(Cl)cc2)cs1. The van der Waals surface area contributed by atoms with Gasteiger partial charge in [-0.1, -0.05) is 23.7 Å². The molecule has 114 valence electrons. The highest BCUT2D eigenvalue weighted by molar-refractivity contribution is 7.10. The Hall–Kier alpha value is -2.49. The average molecular weight is 343 g/mol. The molecule has 23 heavy (non-hydrogen) atoms. The Morgan fingerprint density at radius 1 is 1.35 bits per heavy atom.